The first kappa shape index (κ1) is 13.1. The van der Waals surface area contributed by atoms with E-state index in [1.807, 2.05) is 0 Å². The predicted octanol–water partition coefficient (Wildman–Crippen LogP) is 1.88. The van der Waals surface area contributed by atoms with E-state index in [9.17, 15) is 13.2 Å². The van der Waals surface area contributed by atoms with Crippen molar-refractivity contribution in [2.75, 3.05) is 6.54 Å². The normalized spacial score (nSPS) is 10.4. The van der Waals surface area contributed by atoms with E-state index >= 15 is 0 Å². The van der Waals surface area contributed by atoms with Crippen LogP contribution in [0.5, 0.6) is 0 Å². The number of hydrogen-bond acceptors (Lipinski definition) is 4. The van der Waals surface area contributed by atoms with E-state index in [-0.39, 0.29) is 23.8 Å². The van der Waals surface area contributed by atoms with Crippen molar-refractivity contribution in [2.24, 2.45) is 0 Å². The highest BCUT2D eigenvalue weighted by Gasteiger charge is 2.15. The molecule has 1 heterocycles. The molecule has 1 aromatic heterocycles. The van der Waals surface area contributed by atoms with Crippen molar-refractivity contribution < 1.29 is 17.7 Å². The van der Waals surface area contributed by atoms with Crippen LogP contribution in [-0.4, -0.2) is 16.7 Å². The molecular weight excluding hydrogens is 259 g/mol. The van der Waals surface area contributed by atoms with Gasteiger partial charge in [0, 0.05) is 5.56 Å². The van der Waals surface area contributed by atoms with E-state index < -0.39 is 17.5 Å². The maximum atomic E-state index is 13.0. The van der Waals surface area contributed by atoms with Gasteiger partial charge in [0.05, 0.1) is 13.1 Å². The maximum absolute atomic E-state index is 13.0. The summed E-state index contributed by atoms with van der Waals surface area (Å²) in [5.74, 6) is -1.64. The van der Waals surface area contributed by atoms with Gasteiger partial charge in [0.2, 0.25) is 11.7 Å². The molecule has 0 saturated heterocycles. The van der Waals surface area contributed by atoms with Crippen LogP contribution in [0.1, 0.15) is 5.89 Å². The van der Waals surface area contributed by atoms with Crippen LogP contribution in [0.2, 0.25) is 0 Å². The summed E-state index contributed by atoms with van der Waals surface area (Å²) in [5.41, 5.74) is -0.0108. The molecule has 0 aliphatic rings. The molecule has 0 radical (unpaired) electrons. The van der Waals surface area contributed by atoms with E-state index in [2.05, 4.69) is 21.4 Å². The van der Waals surface area contributed by atoms with E-state index in [4.69, 9.17) is 10.9 Å². The average Bonchev–Trinajstić information content (AvgIpc) is 2.84. The van der Waals surface area contributed by atoms with Crippen molar-refractivity contribution in [3.63, 3.8) is 0 Å². The Balaban J connectivity index is 2.21. The topological polar surface area (TPSA) is 51.0 Å². The van der Waals surface area contributed by atoms with Crippen LogP contribution in [-0.2, 0) is 6.54 Å². The maximum Gasteiger partial charge on any atom is 0.240 e. The summed E-state index contributed by atoms with van der Waals surface area (Å²) < 4.78 is 43.7. The Morgan fingerprint density at radius 2 is 1.95 bits per heavy atom. The number of hydrogen-bond donors (Lipinski definition) is 1. The van der Waals surface area contributed by atoms with Crippen LogP contribution in [0.25, 0.3) is 11.4 Å². The first-order valence-electron chi connectivity index (χ1n) is 5.23. The molecule has 98 valence electrons. The third-order valence-electron chi connectivity index (χ3n) is 2.21. The molecule has 2 aromatic rings. The monoisotopic (exact) mass is 267 g/mol. The van der Waals surface area contributed by atoms with Gasteiger partial charge in [-0.2, -0.15) is 4.98 Å². The Morgan fingerprint density at radius 1 is 1.26 bits per heavy atom. The van der Waals surface area contributed by atoms with Gasteiger partial charge in [0.25, 0.3) is 0 Å². The van der Waals surface area contributed by atoms with E-state index in [0.29, 0.717) is 6.54 Å². The summed E-state index contributed by atoms with van der Waals surface area (Å²) >= 11 is 0. The Labute approximate surface area is 106 Å². The summed E-state index contributed by atoms with van der Waals surface area (Å²) in [5, 5.41) is 6.35. The lowest BCUT2D eigenvalue weighted by atomic mass is 10.2. The predicted molar refractivity (Wildman–Crippen MR) is 60.1 cm³/mol. The van der Waals surface area contributed by atoms with Gasteiger partial charge in [0.1, 0.15) is 0 Å². The summed E-state index contributed by atoms with van der Waals surface area (Å²) in [4.78, 5) is 3.90. The molecule has 19 heavy (non-hydrogen) atoms. The summed E-state index contributed by atoms with van der Waals surface area (Å²) in [6, 6.07) is 1.59. The minimum Gasteiger partial charge on any atom is -0.338 e. The molecule has 1 N–H and O–H groups in total. The van der Waals surface area contributed by atoms with Crippen molar-refractivity contribution in [3.05, 3.63) is 35.5 Å². The Hall–Kier alpha value is -2.33. The average molecular weight is 267 g/mol. The minimum absolute atomic E-state index is 0.0108. The van der Waals surface area contributed by atoms with E-state index in [0.717, 1.165) is 12.1 Å². The SMILES string of the molecule is C#CCNCc1nc(-c2cc(F)c(F)c(F)c2)no1. The fourth-order valence-electron chi connectivity index (χ4n) is 1.37. The quantitative estimate of drug-likeness (QED) is 0.522. The second-order valence-electron chi connectivity index (χ2n) is 3.57. The molecule has 4 nitrogen and oxygen atoms in total. The second kappa shape index (κ2) is 5.54. The number of halogens is 3. The number of rotatable bonds is 4. The molecule has 0 fully saturated rings. The van der Waals surface area contributed by atoms with Crippen molar-refractivity contribution in [1.82, 2.24) is 15.5 Å². The molecule has 2 rings (SSSR count). The molecule has 0 bridgehead atoms. The fraction of sp³-hybridized carbons (Fsp3) is 0.167. The van der Waals surface area contributed by atoms with Crippen molar-refractivity contribution >= 4 is 0 Å². The van der Waals surface area contributed by atoms with E-state index in [1.54, 1.807) is 0 Å². The smallest absolute Gasteiger partial charge is 0.240 e. The number of benzene rings is 1. The molecule has 0 aliphatic heterocycles. The third-order valence-corrected chi connectivity index (χ3v) is 2.21. The minimum atomic E-state index is -1.54. The van der Waals surface area contributed by atoms with Gasteiger partial charge in [-0.05, 0) is 12.1 Å². The molecule has 0 amide bonds. The molecule has 7 heteroatoms. The van der Waals surface area contributed by atoms with Gasteiger partial charge in [0.15, 0.2) is 17.5 Å². The van der Waals surface area contributed by atoms with Gasteiger partial charge >= 0.3 is 0 Å². The van der Waals surface area contributed by atoms with Crippen LogP contribution in [0.15, 0.2) is 16.7 Å². The van der Waals surface area contributed by atoms with Crippen LogP contribution < -0.4 is 5.32 Å². The van der Waals surface area contributed by atoms with Crippen LogP contribution in [0.4, 0.5) is 13.2 Å². The zero-order valence-electron chi connectivity index (χ0n) is 9.58. The first-order valence-corrected chi connectivity index (χ1v) is 5.23. The van der Waals surface area contributed by atoms with E-state index in [1.165, 1.54) is 0 Å². The van der Waals surface area contributed by atoms with Crippen LogP contribution in [0, 0.1) is 29.8 Å². The Bertz CT molecular complexity index is 610. The number of terminal acetylenes is 1. The molecule has 0 unspecified atom stereocenters. The summed E-state index contributed by atoms with van der Waals surface area (Å²) in [7, 11) is 0. The van der Waals surface area contributed by atoms with Crippen molar-refractivity contribution in [1.29, 1.82) is 0 Å². The molecule has 0 atom stereocenters. The number of aromatic nitrogens is 2. The van der Waals surface area contributed by atoms with Crippen LogP contribution in [0.3, 0.4) is 0 Å². The van der Waals surface area contributed by atoms with Gasteiger partial charge < -0.3 is 4.52 Å². The molecule has 0 aliphatic carbocycles. The molecular formula is C12H8F3N3O. The van der Waals surface area contributed by atoms with Crippen molar-refractivity contribution in [3.8, 4) is 23.7 Å². The molecule has 0 spiro atoms. The van der Waals surface area contributed by atoms with Crippen molar-refractivity contribution in [2.45, 2.75) is 6.54 Å². The summed E-state index contributed by atoms with van der Waals surface area (Å²) in [6.07, 6.45) is 5.04. The third kappa shape index (κ3) is 2.92. The van der Waals surface area contributed by atoms with Gasteiger partial charge in [-0.3, -0.25) is 5.32 Å². The lowest BCUT2D eigenvalue weighted by Gasteiger charge is -1.98. The van der Waals surface area contributed by atoms with Gasteiger partial charge in [-0.15, -0.1) is 6.42 Å². The standard InChI is InChI=1S/C12H8F3N3O/c1-2-3-16-6-10-17-12(18-19-10)7-4-8(13)11(15)9(14)5-7/h1,4-5,16H,3,6H2. The van der Waals surface area contributed by atoms with Gasteiger partial charge in [-0.1, -0.05) is 11.1 Å². The Kier molecular flexibility index (Phi) is 3.82. The fourth-order valence-corrected chi connectivity index (χ4v) is 1.37. The highest BCUT2D eigenvalue weighted by atomic mass is 19.2. The second-order valence-corrected chi connectivity index (χ2v) is 3.57. The Morgan fingerprint density at radius 3 is 2.58 bits per heavy atom. The van der Waals surface area contributed by atoms with Crippen LogP contribution >= 0.6 is 0 Å². The zero-order valence-corrected chi connectivity index (χ0v) is 9.58. The number of nitrogens with one attached hydrogen (secondary N) is 1. The van der Waals surface area contributed by atoms with Gasteiger partial charge in [-0.25, -0.2) is 13.2 Å². The molecule has 0 saturated carbocycles. The largest absolute Gasteiger partial charge is 0.338 e. The number of nitrogens with zero attached hydrogens (tertiary/aromatic N) is 2. The highest BCUT2D eigenvalue weighted by molar-refractivity contribution is 5.54. The summed E-state index contributed by atoms with van der Waals surface area (Å²) in [6.45, 7) is 0.543. The zero-order chi connectivity index (χ0) is 13.8. The first-order chi connectivity index (χ1) is 9.11. The molecule has 1 aromatic carbocycles. The highest BCUT2D eigenvalue weighted by Crippen LogP contribution is 2.21. The lowest BCUT2D eigenvalue weighted by Crippen LogP contribution is -2.13. The lowest BCUT2D eigenvalue weighted by molar-refractivity contribution is 0.370.